The van der Waals surface area contributed by atoms with Gasteiger partial charge in [-0.25, -0.2) is 13.6 Å². The summed E-state index contributed by atoms with van der Waals surface area (Å²) in [5.41, 5.74) is -0.668. The molecule has 0 spiro atoms. The van der Waals surface area contributed by atoms with E-state index in [4.69, 9.17) is 9.88 Å². The van der Waals surface area contributed by atoms with Gasteiger partial charge < -0.3 is 10.1 Å². The summed E-state index contributed by atoms with van der Waals surface area (Å²) in [5.74, 6) is -0.656. The maximum Gasteiger partial charge on any atom is 0.416 e. The Balaban J connectivity index is 2.01. The zero-order valence-corrected chi connectivity index (χ0v) is 18.6. The number of ether oxygens (including phenoxy) is 1. The molecule has 0 saturated carbocycles. The molecule has 0 radical (unpaired) electrons. The first-order valence-corrected chi connectivity index (χ1v) is 11.2. The number of alkyl halides is 3. The Morgan fingerprint density at radius 3 is 2.34 bits per heavy atom. The predicted octanol–water partition coefficient (Wildman–Crippen LogP) is 4.21. The van der Waals surface area contributed by atoms with Crippen LogP contribution in [0.5, 0.6) is 11.5 Å². The van der Waals surface area contributed by atoms with Crippen LogP contribution in [0.3, 0.4) is 0 Å². The Bertz CT molecular complexity index is 1290. The summed E-state index contributed by atoms with van der Waals surface area (Å²) in [5, 5.41) is 8.36. The van der Waals surface area contributed by atoms with E-state index in [0.717, 1.165) is 23.5 Å². The van der Waals surface area contributed by atoms with Crippen LogP contribution in [0.4, 0.5) is 18.9 Å². The number of carbonyl (C=O) groups is 1. The van der Waals surface area contributed by atoms with Gasteiger partial charge in [0.05, 0.1) is 16.0 Å². The number of amides is 1. The molecule has 0 bridgehead atoms. The second-order valence-electron chi connectivity index (χ2n) is 6.86. The summed E-state index contributed by atoms with van der Waals surface area (Å²) in [6.45, 7) is 1.76. The molecule has 168 valence electrons. The minimum absolute atomic E-state index is 0.0356. The third-order valence-electron chi connectivity index (χ3n) is 4.39. The lowest BCUT2D eigenvalue weighted by atomic mass is 10.1. The quantitative estimate of drug-likeness (QED) is 0.533. The number of hydrogen-bond acceptors (Lipinski definition) is 4. The number of halogens is 3. The van der Waals surface area contributed by atoms with Crippen LogP contribution in [0.25, 0.3) is 0 Å². The molecule has 0 aliphatic carbocycles. The van der Waals surface area contributed by atoms with E-state index in [1.165, 1.54) is 18.2 Å². The number of aryl methyl sites for hydroxylation is 1. The molecule has 32 heavy (non-hydrogen) atoms. The zero-order valence-electron chi connectivity index (χ0n) is 16.6. The molecule has 0 aliphatic rings. The Kier molecular flexibility index (Phi) is 6.59. The largest absolute Gasteiger partial charge is 0.456 e. The Labute approximate surface area is 184 Å². The van der Waals surface area contributed by atoms with E-state index in [0.29, 0.717) is 17.4 Å². The highest BCUT2D eigenvalue weighted by molar-refractivity contribution is 7.89. The molecule has 0 aromatic heterocycles. The molecule has 1 amide bonds. The molecule has 6 nitrogen and oxygen atoms in total. The van der Waals surface area contributed by atoms with Crippen molar-refractivity contribution in [1.29, 1.82) is 0 Å². The number of nitrogens with one attached hydrogen (secondary N) is 1. The number of sulfonamides is 1. The van der Waals surface area contributed by atoms with Crippen molar-refractivity contribution in [3.05, 3.63) is 77.4 Å². The summed E-state index contributed by atoms with van der Waals surface area (Å²) in [4.78, 5) is 12.6. The SMILES string of the molecule is Cc1cc(P)ccc1Oc1ccc(C(F)(F)F)cc1C(=O)Nc1cccc(S(N)(=O)=O)c1. The van der Waals surface area contributed by atoms with E-state index in [9.17, 15) is 26.4 Å². The first kappa shape index (κ1) is 23.7. The van der Waals surface area contributed by atoms with Crippen molar-refractivity contribution in [1.82, 2.24) is 0 Å². The fourth-order valence-electron chi connectivity index (χ4n) is 2.83. The first-order valence-electron chi connectivity index (χ1n) is 9.04. The summed E-state index contributed by atoms with van der Waals surface area (Å²) in [6, 6.07) is 12.7. The van der Waals surface area contributed by atoms with Crippen LogP contribution in [0, 0.1) is 6.92 Å². The fraction of sp³-hybridized carbons (Fsp3) is 0.0952. The van der Waals surface area contributed by atoms with Crippen LogP contribution in [0.1, 0.15) is 21.5 Å². The van der Waals surface area contributed by atoms with Gasteiger partial charge >= 0.3 is 6.18 Å². The average molecular weight is 482 g/mol. The molecule has 3 N–H and O–H groups in total. The second kappa shape index (κ2) is 8.90. The van der Waals surface area contributed by atoms with Crippen molar-refractivity contribution >= 4 is 36.2 Å². The van der Waals surface area contributed by atoms with Gasteiger partial charge in [-0.2, -0.15) is 13.2 Å². The molecule has 11 heteroatoms. The van der Waals surface area contributed by atoms with Crippen molar-refractivity contribution in [2.45, 2.75) is 18.0 Å². The summed E-state index contributed by atoms with van der Waals surface area (Å²) >= 11 is 0. The third-order valence-corrected chi connectivity index (χ3v) is 5.66. The number of primary sulfonamides is 1. The van der Waals surface area contributed by atoms with Crippen LogP contribution in [-0.4, -0.2) is 14.3 Å². The lowest BCUT2D eigenvalue weighted by molar-refractivity contribution is -0.137. The molecule has 0 fully saturated rings. The molecule has 3 aromatic rings. The lowest BCUT2D eigenvalue weighted by Gasteiger charge is -2.16. The molecule has 0 aliphatic heterocycles. The van der Waals surface area contributed by atoms with E-state index in [2.05, 4.69) is 14.6 Å². The Hall–Kier alpha value is -2.94. The Morgan fingerprint density at radius 1 is 1.03 bits per heavy atom. The maximum atomic E-state index is 13.3. The zero-order chi connectivity index (χ0) is 23.7. The highest BCUT2D eigenvalue weighted by atomic mass is 32.2. The highest BCUT2D eigenvalue weighted by Gasteiger charge is 2.32. The van der Waals surface area contributed by atoms with Crippen LogP contribution >= 0.6 is 9.24 Å². The third kappa shape index (κ3) is 5.64. The van der Waals surface area contributed by atoms with E-state index in [1.807, 2.05) is 0 Å². The summed E-state index contributed by atoms with van der Waals surface area (Å²) in [7, 11) is -1.52. The van der Waals surface area contributed by atoms with Crippen LogP contribution < -0.4 is 20.5 Å². The number of carbonyl (C=O) groups excluding carboxylic acids is 1. The van der Waals surface area contributed by atoms with Gasteiger partial charge in [0.1, 0.15) is 11.5 Å². The van der Waals surface area contributed by atoms with Crippen molar-refractivity contribution < 1.29 is 31.1 Å². The van der Waals surface area contributed by atoms with Crippen molar-refractivity contribution in [2.75, 3.05) is 5.32 Å². The standard InChI is InChI=1S/C21H18F3N2O4PS/c1-12-9-15(31)6-8-18(12)30-19-7-5-13(21(22,23)24)10-17(19)20(27)26-14-3-2-4-16(11-14)32(25,28)29/h2-11H,31H2,1H3,(H,26,27)(H2,25,28,29). The number of rotatable bonds is 5. The van der Waals surface area contributed by atoms with E-state index < -0.39 is 27.7 Å². The minimum Gasteiger partial charge on any atom is -0.456 e. The number of anilines is 1. The highest BCUT2D eigenvalue weighted by Crippen LogP contribution is 2.35. The maximum absolute atomic E-state index is 13.3. The molecular weight excluding hydrogens is 464 g/mol. The van der Waals surface area contributed by atoms with Gasteiger partial charge in [-0.05, 0) is 66.3 Å². The van der Waals surface area contributed by atoms with Gasteiger partial charge in [-0.15, -0.1) is 9.24 Å². The molecule has 1 atom stereocenters. The van der Waals surface area contributed by atoms with Gasteiger partial charge in [0, 0.05) is 5.69 Å². The molecule has 0 saturated heterocycles. The van der Waals surface area contributed by atoms with Crippen molar-refractivity contribution in [2.24, 2.45) is 5.14 Å². The van der Waals surface area contributed by atoms with Crippen molar-refractivity contribution in [3.8, 4) is 11.5 Å². The monoisotopic (exact) mass is 482 g/mol. The smallest absolute Gasteiger partial charge is 0.416 e. The molecule has 3 rings (SSSR count). The Morgan fingerprint density at radius 2 is 1.72 bits per heavy atom. The molecule has 1 unspecified atom stereocenters. The minimum atomic E-state index is -4.68. The van der Waals surface area contributed by atoms with Crippen LogP contribution in [0.2, 0.25) is 0 Å². The second-order valence-corrected chi connectivity index (χ2v) is 9.09. The average Bonchev–Trinajstić information content (AvgIpc) is 2.69. The number of benzene rings is 3. The van der Waals surface area contributed by atoms with Crippen LogP contribution in [0.15, 0.2) is 65.6 Å². The van der Waals surface area contributed by atoms with E-state index >= 15 is 0 Å². The topological polar surface area (TPSA) is 98.5 Å². The lowest BCUT2D eigenvalue weighted by Crippen LogP contribution is -2.16. The number of nitrogens with two attached hydrogens (primary N) is 1. The summed E-state index contributed by atoms with van der Waals surface area (Å²) in [6.07, 6.45) is -4.68. The van der Waals surface area contributed by atoms with Crippen molar-refractivity contribution in [3.63, 3.8) is 0 Å². The van der Waals surface area contributed by atoms with Gasteiger partial charge in [0.2, 0.25) is 10.0 Å². The summed E-state index contributed by atoms with van der Waals surface area (Å²) < 4.78 is 68.6. The van der Waals surface area contributed by atoms with Gasteiger partial charge in [0.15, 0.2) is 0 Å². The van der Waals surface area contributed by atoms with Gasteiger partial charge in [0.25, 0.3) is 5.91 Å². The van der Waals surface area contributed by atoms with E-state index in [-0.39, 0.29) is 21.9 Å². The van der Waals surface area contributed by atoms with Gasteiger partial charge in [-0.1, -0.05) is 12.1 Å². The number of hydrogen-bond donors (Lipinski definition) is 2. The molecular formula is C21H18F3N2O4PS. The molecule has 3 aromatic carbocycles. The van der Waals surface area contributed by atoms with Crippen LogP contribution in [-0.2, 0) is 16.2 Å². The molecule has 0 heterocycles. The van der Waals surface area contributed by atoms with E-state index in [1.54, 1.807) is 25.1 Å². The fourth-order valence-corrected chi connectivity index (χ4v) is 3.73. The van der Waals surface area contributed by atoms with Gasteiger partial charge in [-0.3, -0.25) is 4.79 Å². The normalized spacial score (nSPS) is 11.8. The first-order chi connectivity index (χ1) is 14.8. The predicted molar refractivity (Wildman–Crippen MR) is 118 cm³/mol.